The van der Waals surface area contributed by atoms with Crippen molar-refractivity contribution in [1.82, 2.24) is 10.3 Å². The van der Waals surface area contributed by atoms with E-state index in [2.05, 4.69) is 36.9 Å². The fourth-order valence-electron chi connectivity index (χ4n) is 2.77. The maximum atomic E-state index is 12.1. The van der Waals surface area contributed by atoms with Crippen LogP contribution in [0.2, 0.25) is 0 Å². The Kier molecular flexibility index (Phi) is 6.04. The van der Waals surface area contributed by atoms with Gasteiger partial charge in [-0.25, -0.2) is 9.78 Å². The maximum Gasteiger partial charge on any atom is 0.321 e. The number of thiazole rings is 1. The van der Waals surface area contributed by atoms with Crippen molar-refractivity contribution in [2.45, 2.75) is 38.1 Å². The van der Waals surface area contributed by atoms with E-state index < -0.39 is 0 Å². The second-order valence-corrected chi connectivity index (χ2v) is 7.73. The lowest BCUT2D eigenvalue weighted by Gasteiger charge is -2.11. The zero-order chi connectivity index (χ0) is 17.6. The Labute approximate surface area is 158 Å². The zero-order valence-electron chi connectivity index (χ0n) is 13.5. The fourth-order valence-corrected chi connectivity index (χ4v) is 3.87. The average Bonchev–Trinajstić information content (AvgIpc) is 3.19. The molecule has 1 fully saturated rings. The summed E-state index contributed by atoms with van der Waals surface area (Å²) in [4.78, 5) is 28.3. The van der Waals surface area contributed by atoms with Gasteiger partial charge < -0.3 is 10.6 Å². The van der Waals surface area contributed by atoms with E-state index in [0.29, 0.717) is 10.8 Å². The average molecular weight is 423 g/mol. The highest BCUT2D eigenvalue weighted by Crippen LogP contribution is 2.20. The van der Waals surface area contributed by atoms with Gasteiger partial charge in [0.2, 0.25) is 5.91 Å². The molecule has 6 nitrogen and oxygen atoms in total. The zero-order valence-corrected chi connectivity index (χ0v) is 16.0. The summed E-state index contributed by atoms with van der Waals surface area (Å²) in [6.07, 6.45) is 4.56. The predicted octanol–water partition coefficient (Wildman–Crippen LogP) is 4.15. The summed E-state index contributed by atoms with van der Waals surface area (Å²) in [6.45, 7) is 0. The van der Waals surface area contributed by atoms with E-state index in [9.17, 15) is 9.59 Å². The summed E-state index contributed by atoms with van der Waals surface area (Å²) >= 11 is 4.68. The van der Waals surface area contributed by atoms with E-state index in [0.717, 1.165) is 23.0 Å². The number of nitrogens with zero attached hydrogens (tertiary/aromatic N) is 1. The van der Waals surface area contributed by atoms with E-state index in [1.165, 1.54) is 24.2 Å². The molecule has 8 heteroatoms. The number of aromatic nitrogens is 1. The Hall–Kier alpha value is -1.93. The summed E-state index contributed by atoms with van der Waals surface area (Å²) in [5, 5.41) is 10.8. The summed E-state index contributed by atoms with van der Waals surface area (Å²) in [7, 11) is 0. The maximum absolute atomic E-state index is 12.1. The van der Waals surface area contributed by atoms with Crippen molar-refractivity contribution in [3.63, 3.8) is 0 Å². The van der Waals surface area contributed by atoms with E-state index in [1.807, 2.05) is 24.3 Å². The molecule has 0 unspecified atom stereocenters. The molecule has 0 spiro atoms. The second-order valence-electron chi connectivity index (χ2n) is 5.96. The van der Waals surface area contributed by atoms with Crippen molar-refractivity contribution in [3.05, 3.63) is 39.8 Å². The van der Waals surface area contributed by atoms with Crippen LogP contribution in [0.4, 0.5) is 15.6 Å². The van der Waals surface area contributed by atoms with Crippen molar-refractivity contribution in [2.24, 2.45) is 0 Å². The van der Waals surface area contributed by atoms with E-state index >= 15 is 0 Å². The van der Waals surface area contributed by atoms with Crippen molar-refractivity contribution >= 4 is 50.0 Å². The number of amides is 3. The summed E-state index contributed by atoms with van der Waals surface area (Å²) in [5.74, 6) is -0.148. The quantitative estimate of drug-likeness (QED) is 0.676. The molecule has 0 bridgehead atoms. The third-order valence-electron chi connectivity index (χ3n) is 3.91. The number of urea groups is 1. The van der Waals surface area contributed by atoms with Gasteiger partial charge in [0.15, 0.2) is 5.13 Å². The fraction of sp³-hybridized carbons (Fsp3) is 0.353. The van der Waals surface area contributed by atoms with Crippen molar-refractivity contribution in [3.8, 4) is 0 Å². The number of hydrogen-bond acceptors (Lipinski definition) is 4. The number of benzene rings is 1. The van der Waals surface area contributed by atoms with Crippen molar-refractivity contribution < 1.29 is 9.59 Å². The van der Waals surface area contributed by atoms with Gasteiger partial charge in [0.1, 0.15) is 0 Å². The highest BCUT2D eigenvalue weighted by molar-refractivity contribution is 9.10. The first-order valence-electron chi connectivity index (χ1n) is 8.16. The first-order valence-corrected chi connectivity index (χ1v) is 9.83. The molecule has 0 radical (unpaired) electrons. The molecule has 2 aromatic rings. The van der Waals surface area contributed by atoms with Gasteiger partial charge in [0, 0.05) is 21.6 Å². The molecular formula is C17H19BrN4O2S. The molecule has 0 atom stereocenters. The highest BCUT2D eigenvalue weighted by atomic mass is 79.9. The van der Waals surface area contributed by atoms with Crippen LogP contribution in [0.1, 0.15) is 31.4 Å². The van der Waals surface area contributed by atoms with Crippen LogP contribution in [-0.4, -0.2) is 23.0 Å². The number of anilines is 2. The minimum atomic E-state index is -0.230. The van der Waals surface area contributed by atoms with Gasteiger partial charge in [-0.05, 0) is 31.0 Å². The number of carbonyl (C=O) groups is 2. The molecule has 3 N–H and O–H groups in total. The molecule has 1 saturated carbocycles. The third-order valence-corrected chi connectivity index (χ3v) is 5.21. The molecule has 1 aliphatic rings. The molecule has 1 aromatic heterocycles. The molecule has 1 aromatic carbocycles. The number of rotatable bonds is 5. The van der Waals surface area contributed by atoms with Crippen molar-refractivity contribution in [1.29, 1.82) is 0 Å². The normalized spacial score (nSPS) is 14.3. The second kappa shape index (κ2) is 8.44. The van der Waals surface area contributed by atoms with Crippen LogP contribution >= 0.6 is 27.3 Å². The minimum Gasteiger partial charge on any atom is -0.335 e. The van der Waals surface area contributed by atoms with Crippen molar-refractivity contribution in [2.75, 3.05) is 10.6 Å². The number of halogens is 1. The first kappa shape index (κ1) is 17.9. The monoisotopic (exact) mass is 422 g/mol. The van der Waals surface area contributed by atoms with Crippen LogP contribution in [0, 0.1) is 0 Å². The summed E-state index contributed by atoms with van der Waals surface area (Å²) in [6, 6.07) is 7.43. The van der Waals surface area contributed by atoms with E-state index in [1.54, 1.807) is 5.38 Å². The molecular weight excluding hydrogens is 404 g/mol. The van der Waals surface area contributed by atoms with Crippen LogP contribution in [-0.2, 0) is 11.2 Å². The Balaban J connectivity index is 1.49. The number of nitrogens with one attached hydrogen (secondary N) is 3. The van der Waals surface area contributed by atoms with Crippen LogP contribution < -0.4 is 16.0 Å². The standard InChI is InChI=1S/C17H19BrN4O2S/c18-11-4-3-7-13(8-11)19-15(23)9-14-10-25-17(21-14)22-16(24)20-12-5-1-2-6-12/h3-4,7-8,10,12H,1-2,5-6,9H2,(H,19,23)(H2,20,21,22,24). The van der Waals surface area contributed by atoms with Gasteiger partial charge in [-0.15, -0.1) is 11.3 Å². The molecule has 3 rings (SSSR count). The van der Waals surface area contributed by atoms with E-state index in [-0.39, 0.29) is 24.4 Å². The Bertz CT molecular complexity index is 759. The van der Waals surface area contributed by atoms with Gasteiger partial charge in [0.25, 0.3) is 0 Å². The first-order chi connectivity index (χ1) is 12.1. The lowest BCUT2D eigenvalue weighted by atomic mass is 10.3. The predicted molar refractivity (Wildman–Crippen MR) is 103 cm³/mol. The van der Waals surface area contributed by atoms with Gasteiger partial charge in [-0.1, -0.05) is 34.8 Å². The lowest BCUT2D eigenvalue weighted by molar-refractivity contribution is -0.115. The van der Waals surface area contributed by atoms with Gasteiger partial charge in [-0.2, -0.15) is 0 Å². The number of carbonyl (C=O) groups excluding carboxylic acids is 2. The van der Waals surface area contributed by atoms with Gasteiger partial charge in [0.05, 0.1) is 12.1 Å². The topological polar surface area (TPSA) is 83.1 Å². The Morgan fingerprint density at radius 3 is 2.80 bits per heavy atom. The Morgan fingerprint density at radius 2 is 2.04 bits per heavy atom. The smallest absolute Gasteiger partial charge is 0.321 e. The van der Waals surface area contributed by atoms with Crippen LogP contribution in [0.15, 0.2) is 34.1 Å². The molecule has 1 aliphatic carbocycles. The lowest BCUT2D eigenvalue weighted by Crippen LogP contribution is -2.36. The van der Waals surface area contributed by atoms with Crippen LogP contribution in [0.25, 0.3) is 0 Å². The van der Waals surface area contributed by atoms with Crippen LogP contribution in [0.3, 0.4) is 0 Å². The van der Waals surface area contributed by atoms with Gasteiger partial charge >= 0.3 is 6.03 Å². The SMILES string of the molecule is O=C(Cc1csc(NC(=O)NC2CCCC2)n1)Nc1cccc(Br)c1. The summed E-state index contributed by atoms with van der Waals surface area (Å²) in [5.41, 5.74) is 1.36. The molecule has 25 heavy (non-hydrogen) atoms. The summed E-state index contributed by atoms with van der Waals surface area (Å²) < 4.78 is 0.902. The molecule has 0 saturated heterocycles. The third kappa shape index (κ3) is 5.54. The molecule has 0 aliphatic heterocycles. The number of hydrogen-bond donors (Lipinski definition) is 3. The minimum absolute atomic E-state index is 0.148. The largest absolute Gasteiger partial charge is 0.335 e. The Morgan fingerprint density at radius 1 is 1.24 bits per heavy atom. The van der Waals surface area contributed by atoms with E-state index in [4.69, 9.17) is 0 Å². The highest BCUT2D eigenvalue weighted by Gasteiger charge is 2.17. The van der Waals surface area contributed by atoms with Gasteiger partial charge in [-0.3, -0.25) is 10.1 Å². The molecule has 3 amide bonds. The molecule has 1 heterocycles. The van der Waals surface area contributed by atoms with Crippen LogP contribution in [0.5, 0.6) is 0 Å². The molecule has 132 valence electrons.